The van der Waals surface area contributed by atoms with Gasteiger partial charge in [-0.2, -0.15) is 11.8 Å². The third-order valence-electron chi connectivity index (χ3n) is 4.64. The maximum Gasteiger partial charge on any atom is 0.232 e. The molecule has 22 heavy (non-hydrogen) atoms. The molecule has 0 unspecified atom stereocenters. The van der Waals surface area contributed by atoms with Crippen LogP contribution in [0.1, 0.15) is 19.3 Å². The van der Waals surface area contributed by atoms with Crippen LogP contribution < -0.4 is 4.90 Å². The first-order valence-electron chi connectivity index (χ1n) is 8.34. The van der Waals surface area contributed by atoms with Crippen LogP contribution in [0.15, 0.2) is 30.3 Å². The molecule has 3 nitrogen and oxygen atoms in total. The summed E-state index contributed by atoms with van der Waals surface area (Å²) in [5.41, 5.74) is 1.30. The molecule has 1 saturated carbocycles. The quantitative estimate of drug-likeness (QED) is 0.772. The molecule has 2 fully saturated rings. The molecule has 0 N–H and O–H groups in total. The lowest BCUT2D eigenvalue weighted by Gasteiger charge is -2.22. The smallest absolute Gasteiger partial charge is 0.232 e. The predicted molar refractivity (Wildman–Crippen MR) is 94.4 cm³/mol. The van der Waals surface area contributed by atoms with Crippen molar-refractivity contribution in [2.24, 2.45) is 11.8 Å². The Bertz CT molecular complexity index is 489. The average Bonchev–Trinajstić information content (AvgIpc) is 3.25. The van der Waals surface area contributed by atoms with Crippen LogP contribution in [0.3, 0.4) is 0 Å². The number of para-hydroxylation sites is 1. The van der Waals surface area contributed by atoms with Crippen LogP contribution in [-0.4, -0.2) is 49.0 Å². The van der Waals surface area contributed by atoms with Crippen molar-refractivity contribution < 1.29 is 4.79 Å². The van der Waals surface area contributed by atoms with Gasteiger partial charge in [-0.25, -0.2) is 0 Å². The maximum absolute atomic E-state index is 12.2. The number of carbonyl (C=O) groups excluding carboxylic acids is 1. The monoisotopic (exact) mass is 318 g/mol. The first kappa shape index (κ1) is 15.7. The van der Waals surface area contributed by atoms with E-state index < -0.39 is 0 Å². The van der Waals surface area contributed by atoms with Gasteiger partial charge in [-0.1, -0.05) is 18.2 Å². The molecule has 0 spiro atoms. The molecular weight excluding hydrogens is 292 g/mol. The molecule has 1 aromatic rings. The zero-order valence-corrected chi connectivity index (χ0v) is 14.2. The van der Waals surface area contributed by atoms with Gasteiger partial charge in [0, 0.05) is 32.4 Å². The highest BCUT2D eigenvalue weighted by atomic mass is 32.2. The van der Waals surface area contributed by atoms with Crippen molar-refractivity contribution in [1.29, 1.82) is 0 Å². The molecule has 0 radical (unpaired) electrons. The zero-order valence-electron chi connectivity index (χ0n) is 13.4. The van der Waals surface area contributed by atoms with Gasteiger partial charge in [0.1, 0.15) is 0 Å². The number of carbonyl (C=O) groups is 1. The number of thioether (sulfide) groups is 1. The molecule has 120 valence electrons. The first-order chi connectivity index (χ1) is 10.7. The minimum Gasteiger partial charge on any atom is -0.371 e. The van der Waals surface area contributed by atoms with Crippen LogP contribution in [0.5, 0.6) is 0 Å². The Morgan fingerprint density at radius 3 is 2.73 bits per heavy atom. The largest absolute Gasteiger partial charge is 0.371 e. The van der Waals surface area contributed by atoms with Crippen molar-refractivity contribution >= 4 is 23.4 Å². The summed E-state index contributed by atoms with van der Waals surface area (Å²) in [5, 5.41) is 0. The van der Waals surface area contributed by atoms with Crippen LogP contribution in [0.4, 0.5) is 5.69 Å². The first-order valence-corrected chi connectivity index (χ1v) is 9.49. The van der Waals surface area contributed by atoms with Crippen LogP contribution in [0.25, 0.3) is 0 Å². The Morgan fingerprint density at radius 2 is 2.00 bits per heavy atom. The van der Waals surface area contributed by atoms with Crippen molar-refractivity contribution in [2.75, 3.05) is 43.1 Å². The van der Waals surface area contributed by atoms with Crippen LogP contribution in [0.2, 0.25) is 0 Å². The number of hydrogen-bond donors (Lipinski definition) is 0. The highest BCUT2D eigenvalue weighted by Gasteiger charge is 2.25. The third kappa shape index (κ3) is 4.42. The molecule has 1 aliphatic carbocycles. The molecule has 4 heteroatoms. The highest BCUT2D eigenvalue weighted by Crippen LogP contribution is 2.32. The highest BCUT2D eigenvalue weighted by molar-refractivity contribution is 7.99. The number of nitrogens with zero attached hydrogens (tertiary/aromatic N) is 2. The second kappa shape index (κ2) is 7.40. The lowest BCUT2D eigenvalue weighted by molar-refractivity contribution is -0.127. The van der Waals surface area contributed by atoms with E-state index in [1.165, 1.54) is 30.7 Å². The average molecular weight is 318 g/mol. The predicted octanol–water partition coefficient (Wildman–Crippen LogP) is 3.11. The molecule has 1 aromatic carbocycles. The van der Waals surface area contributed by atoms with E-state index in [2.05, 4.69) is 35.2 Å². The molecular formula is C18H26N2OS. The molecule has 0 bridgehead atoms. The molecule has 3 rings (SSSR count). The van der Waals surface area contributed by atoms with Crippen molar-refractivity contribution in [3.8, 4) is 0 Å². The fraction of sp³-hybridized carbons (Fsp3) is 0.611. The van der Waals surface area contributed by atoms with E-state index in [0.29, 0.717) is 17.6 Å². The van der Waals surface area contributed by atoms with Crippen LogP contribution in [-0.2, 0) is 4.79 Å². The van der Waals surface area contributed by atoms with Gasteiger partial charge in [-0.15, -0.1) is 0 Å². The van der Waals surface area contributed by atoms with Gasteiger partial charge < -0.3 is 9.80 Å². The molecule has 1 amide bonds. The lowest BCUT2D eigenvalue weighted by Crippen LogP contribution is -2.34. The molecule has 1 saturated heterocycles. The number of amides is 1. The van der Waals surface area contributed by atoms with Crippen molar-refractivity contribution in [3.63, 3.8) is 0 Å². The molecule has 1 atom stereocenters. The summed E-state index contributed by atoms with van der Waals surface area (Å²) >= 11 is 1.81. The Balaban J connectivity index is 1.40. The number of anilines is 1. The van der Waals surface area contributed by atoms with E-state index in [9.17, 15) is 4.79 Å². The summed E-state index contributed by atoms with van der Waals surface area (Å²) in [6.45, 7) is 3.07. The third-order valence-corrected chi connectivity index (χ3v) is 5.80. The fourth-order valence-corrected chi connectivity index (χ4v) is 4.23. The van der Waals surface area contributed by atoms with E-state index in [0.717, 1.165) is 25.6 Å². The Labute approximate surface area is 138 Å². The van der Waals surface area contributed by atoms with E-state index in [1.54, 1.807) is 0 Å². The molecule has 1 heterocycles. The molecule has 0 aromatic heterocycles. The van der Waals surface area contributed by atoms with Gasteiger partial charge in [0.25, 0.3) is 0 Å². The normalized spacial score (nSPS) is 21.1. The van der Waals surface area contributed by atoms with Crippen molar-refractivity contribution in [2.45, 2.75) is 19.3 Å². The second-order valence-corrected chi connectivity index (χ2v) is 7.70. The van der Waals surface area contributed by atoms with Gasteiger partial charge >= 0.3 is 0 Å². The number of hydrogen-bond acceptors (Lipinski definition) is 3. The van der Waals surface area contributed by atoms with Crippen molar-refractivity contribution in [1.82, 2.24) is 4.90 Å². The summed E-state index contributed by atoms with van der Waals surface area (Å²) in [6, 6.07) is 10.6. The minimum atomic E-state index is 0.295. The van der Waals surface area contributed by atoms with Crippen LogP contribution in [0, 0.1) is 11.8 Å². The van der Waals surface area contributed by atoms with Crippen LogP contribution >= 0.6 is 11.8 Å². The molecule has 2 aliphatic rings. The Kier molecular flexibility index (Phi) is 5.29. The SMILES string of the molecule is CN(C[C@@H]1CCN(c2ccccc2)C1)C(=O)CSCC1CC1. The minimum absolute atomic E-state index is 0.295. The summed E-state index contributed by atoms with van der Waals surface area (Å²) in [5.74, 6) is 3.62. The number of rotatable bonds is 7. The Morgan fingerprint density at radius 1 is 1.23 bits per heavy atom. The summed E-state index contributed by atoms with van der Waals surface area (Å²) in [6.07, 6.45) is 3.92. The summed E-state index contributed by atoms with van der Waals surface area (Å²) < 4.78 is 0. The summed E-state index contributed by atoms with van der Waals surface area (Å²) in [7, 11) is 1.96. The van der Waals surface area contributed by atoms with E-state index in [1.807, 2.05) is 23.7 Å². The summed E-state index contributed by atoms with van der Waals surface area (Å²) in [4.78, 5) is 16.6. The second-order valence-electron chi connectivity index (χ2n) is 6.67. The van der Waals surface area contributed by atoms with E-state index in [-0.39, 0.29) is 0 Å². The van der Waals surface area contributed by atoms with E-state index >= 15 is 0 Å². The zero-order chi connectivity index (χ0) is 15.4. The van der Waals surface area contributed by atoms with Gasteiger partial charge in [0.15, 0.2) is 0 Å². The van der Waals surface area contributed by atoms with E-state index in [4.69, 9.17) is 0 Å². The van der Waals surface area contributed by atoms with Gasteiger partial charge in [-0.3, -0.25) is 4.79 Å². The van der Waals surface area contributed by atoms with Gasteiger partial charge in [-0.05, 0) is 49.0 Å². The standard InChI is InChI=1S/C18H26N2OS/c1-19(18(21)14-22-13-15-7-8-15)11-16-9-10-20(12-16)17-5-3-2-4-6-17/h2-6,15-16H,7-14H2,1H3/t16-/m0/s1. The number of benzene rings is 1. The maximum atomic E-state index is 12.2. The molecule has 1 aliphatic heterocycles. The lowest BCUT2D eigenvalue weighted by atomic mass is 10.1. The van der Waals surface area contributed by atoms with Gasteiger partial charge in [0.2, 0.25) is 5.91 Å². The topological polar surface area (TPSA) is 23.6 Å². The fourth-order valence-electron chi connectivity index (χ4n) is 3.05. The van der Waals surface area contributed by atoms with Gasteiger partial charge in [0.05, 0.1) is 5.75 Å². The van der Waals surface area contributed by atoms with Crippen molar-refractivity contribution in [3.05, 3.63) is 30.3 Å². The Hall–Kier alpha value is -1.16.